The monoisotopic (exact) mass is 301 g/mol. The van der Waals surface area contributed by atoms with Crippen molar-refractivity contribution in [2.75, 3.05) is 5.43 Å². The first-order valence-corrected chi connectivity index (χ1v) is 6.80. The molecule has 0 bridgehead atoms. The van der Waals surface area contributed by atoms with Crippen LogP contribution in [0.2, 0.25) is 0 Å². The van der Waals surface area contributed by atoms with Gasteiger partial charge in [-0.2, -0.15) is 13.2 Å². The maximum absolute atomic E-state index is 12.9. The molecule has 1 aliphatic carbocycles. The summed E-state index contributed by atoms with van der Waals surface area (Å²) in [6.45, 7) is 1.85. The third-order valence-corrected chi connectivity index (χ3v) is 3.52. The van der Waals surface area contributed by atoms with E-state index in [1.54, 1.807) is 0 Å². The number of rotatable bonds is 5. The van der Waals surface area contributed by atoms with Crippen molar-refractivity contribution in [1.29, 1.82) is 0 Å². The van der Waals surface area contributed by atoms with E-state index >= 15 is 0 Å². The fraction of sp³-hybridized carbons (Fsp3) is 0.500. The number of nitrogens with two attached hydrogens (primary N) is 1. The smallest absolute Gasteiger partial charge is 0.350 e. The second-order valence-electron chi connectivity index (χ2n) is 5.42. The van der Waals surface area contributed by atoms with Crippen molar-refractivity contribution < 1.29 is 18.0 Å². The lowest BCUT2D eigenvalue weighted by molar-refractivity contribution is -0.137. The summed E-state index contributed by atoms with van der Waals surface area (Å²) < 4.78 is 38.7. The van der Waals surface area contributed by atoms with Crippen molar-refractivity contribution in [3.05, 3.63) is 29.3 Å². The molecule has 1 unspecified atom stereocenters. The van der Waals surface area contributed by atoms with Crippen molar-refractivity contribution in [2.45, 2.75) is 38.4 Å². The third kappa shape index (κ3) is 3.87. The van der Waals surface area contributed by atoms with Crippen molar-refractivity contribution in [3.63, 3.8) is 0 Å². The van der Waals surface area contributed by atoms with Gasteiger partial charge in [0.05, 0.1) is 16.8 Å². The molecule has 1 aromatic carbocycles. The molecule has 0 aliphatic heterocycles. The van der Waals surface area contributed by atoms with Gasteiger partial charge in [-0.25, -0.2) is 0 Å². The van der Waals surface area contributed by atoms with Gasteiger partial charge in [-0.15, -0.1) is 0 Å². The van der Waals surface area contributed by atoms with Crippen LogP contribution < -0.4 is 16.6 Å². The molecule has 1 aromatic rings. The normalized spacial score (nSPS) is 16.4. The first-order valence-electron chi connectivity index (χ1n) is 6.80. The molecule has 0 aromatic heterocycles. The number of carbonyl (C=O) groups excluding carboxylic acids is 1. The fourth-order valence-corrected chi connectivity index (χ4v) is 2.35. The SMILES string of the molecule is CC(CC1CC1)NC(=O)c1cccc(C(F)(F)F)c1NN. The Hall–Kier alpha value is -1.76. The largest absolute Gasteiger partial charge is 0.418 e. The molecule has 7 heteroatoms. The number of nitrogen functional groups attached to an aromatic ring is 1. The molecule has 1 amide bonds. The predicted octanol–water partition coefficient (Wildman–Crippen LogP) is 2.91. The summed E-state index contributed by atoms with van der Waals surface area (Å²) in [6, 6.07) is 3.33. The Kier molecular flexibility index (Phi) is 4.41. The number of halogens is 3. The Balaban J connectivity index is 2.19. The average Bonchev–Trinajstić information content (AvgIpc) is 3.20. The molecule has 4 nitrogen and oxygen atoms in total. The van der Waals surface area contributed by atoms with E-state index in [0.717, 1.165) is 25.3 Å². The summed E-state index contributed by atoms with van der Waals surface area (Å²) in [7, 11) is 0. The summed E-state index contributed by atoms with van der Waals surface area (Å²) in [6.07, 6.45) is -1.42. The maximum Gasteiger partial charge on any atom is 0.418 e. The van der Waals surface area contributed by atoms with E-state index in [4.69, 9.17) is 5.84 Å². The quantitative estimate of drug-likeness (QED) is 0.578. The number of alkyl halides is 3. The Morgan fingerprint density at radius 1 is 1.43 bits per heavy atom. The van der Waals surface area contributed by atoms with Crippen molar-refractivity contribution >= 4 is 11.6 Å². The minimum atomic E-state index is -4.57. The van der Waals surface area contributed by atoms with Crippen molar-refractivity contribution in [2.24, 2.45) is 11.8 Å². The summed E-state index contributed by atoms with van der Waals surface area (Å²) in [5, 5.41) is 2.72. The molecular formula is C14H18F3N3O. The summed E-state index contributed by atoms with van der Waals surface area (Å²) in [5.41, 5.74) is 0.542. The average molecular weight is 301 g/mol. The van der Waals surface area contributed by atoms with Crippen LogP contribution in [0.15, 0.2) is 18.2 Å². The summed E-state index contributed by atoms with van der Waals surface area (Å²) in [4.78, 5) is 12.1. The molecule has 0 spiro atoms. The Bertz CT molecular complexity index is 527. The molecular weight excluding hydrogens is 283 g/mol. The molecule has 1 fully saturated rings. The van der Waals surface area contributed by atoms with Gasteiger partial charge in [0.25, 0.3) is 5.91 Å². The van der Waals surface area contributed by atoms with Gasteiger partial charge >= 0.3 is 6.18 Å². The van der Waals surface area contributed by atoms with Crippen LogP contribution in [0, 0.1) is 5.92 Å². The van der Waals surface area contributed by atoms with Gasteiger partial charge in [-0.3, -0.25) is 10.6 Å². The van der Waals surface area contributed by atoms with Crippen LogP contribution in [-0.4, -0.2) is 11.9 Å². The lowest BCUT2D eigenvalue weighted by Crippen LogP contribution is -2.34. The minimum Gasteiger partial charge on any atom is -0.350 e. The molecule has 4 N–H and O–H groups in total. The zero-order valence-electron chi connectivity index (χ0n) is 11.6. The number of hydrogen-bond acceptors (Lipinski definition) is 3. The van der Waals surface area contributed by atoms with Crippen LogP contribution >= 0.6 is 0 Å². The highest BCUT2D eigenvalue weighted by Gasteiger charge is 2.35. The number of carbonyl (C=O) groups is 1. The standard InChI is InChI=1S/C14H18F3N3O/c1-8(7-9-5-6-9)19-13(21)10-3-2-4-11(12(10)20-18)14(15,16)17/h2-4,8-9,20H,5-7,18H2,1H3,(H,19,21). The van der Waals surface area contributed by atoms with Gasteiger partial charge in [0, 0.05) is 6.04 Å². The summed E-state index contributed by atoms with van der Waals surface area (Å²) in [5.74, 6) is 5.24. The predicted molar refractivity (Wildman–Crippen MR) is 73.5 cm³/mol. The lowest BCUT2D eigenvalue weighted by Gasteiger charge is -2.18. The Labute approximate surface area is 120 Å². The molecule has 1 aliphatic rings. The van der Waals surface area contributed by atoms with E-state index in [-0.39, 0.29) is 11.6 Å². The first-order chi connectivity index (χ1) is 9.82. The molecule has 21 heavy (non-hydrogen) atoms. The molecule has 0 heterocycles. The molecule has 116 valence electrons. The number of para-hydroxylation sites is 1. The second-order valence-corrected chi connectivity index (χ2v) is 5.42. The molecule has 2 rings (SSSR count). The number of hydrogen-bond donors (Lipinski definition) is 3. The first kappa shape index (κ1) is 15.6. The van der Waals surface area contributed by atoms with E-state index in [9.17, 15) is 18.0 Å². The van der Waals surface area contributed by atoms with Crippen LogP contribution in [-0.2, 0) is 6.18 Å². The van der Waals surface area contributed by atoms with Crippen molar-refractivity contribution in [1.82, 2.24) is 5.32 Å². The lowest BCUT2D eigenvalue weighted by atomic mass is 10.1. The second kappa shape index (κ2) is 5.93. The van der Waals surface area contributed by atoms with E-state index in [0.29, 0.717) is 5.92 Å². The van der Waals surface area contributed by atoms with Gasteiger partial charge in [-0.05, 0) is 31.4 Å². The van der Waals surface area contributed by atoms with Gasteiger partial charge < -0.3 is 10.7 Å². The van der Waals surface area contributed by atoms with Gasteiger partial charge in [-0.1, -0.05) is 18.9 Å². The van der Waals surface area contributed by atoms with Gasteiger partial charge in [0.2, 0.25) is 0 Å². The highest BCUT2D eigenvalue weighted by molar-refractivity contribution is 6.00. The maximum atomic E-state index is 12.9. The van der Waals surface area contributed by atoms with Crippen LogP contribution in [0.1, 0.15) is 42.1 Å². The van der Waals surface area contributed by atoms with Crippen LogP contribution in [0.5, 0.6) is 0 Å². The highest BCUT2D eigenvalue weighted by Crippen LogP contribution is 2.36. The van der Waals surface area contributed by atoms with Crippen molar-refractivity contribution in [3.8, 4) is 0 Å². The molecule has 0 saturated heterocycles. The number of amides is 1. The number of hydrazine groups is 1. The Morgan fingerprint density at radius 3 is 2.62 bits per heavy atom. The Morgan fingerprint density at radius 2 is 2.10 bits per heavy atom. The van der Waals surface area contributed by atoms with E-state index in [1.165, 1.54) is 12.1 Å². The molecule has 1 saturated carbocycles. The number of anilines is 1. The molecule has 0 radical (unpaired) electrons. The van der Waals surface area contributed by atoms with Gasteiger partial charge in [0.1, 0.15) is 0 Å². The van der Waals surface area contributed by atoms with Crippen LogP contribution in [0.4, 0.5) is 18.9 Å². The zero-order valence-corrected chi connectivity index (χ0v) is 11.6. The highest BCUT2D eigenvalue weighted by atomic mass is 19.4. The third-order valence-electron chi connectivity index (χ3n) is 3.52. The topological polar surface area (TPSA) is 67.2 Å². The minimum absolute atomic E-state index is 0.0785. The number of nitrogens with one attached hydrogen (secondary N) is 2. The summed E-state index contributed by atoms with van der Waals surface area (Å²) >= 11 is 0. The van der Waals surface area contributed by atoms with E-state index in [1.807, 2.05) is 12.3 Å². The fourth-order valence-electron chi connectivity index (χ4n) is 2.35. The molecule has 1 atom stereocenters. The van der Waals surface area contributed by atoms with Gasteiger partial charge in [0.15, 0.2) is 0 Å². The van der Waals surface area contributed by atoms with E-state index in [2.05, 4.69) is 5.32 Å². The number of benzene rings is 1. The van der Waals surface area contributed by atoms with Crippen LogP contribution in [0.25, 0.3) is 0 Å². The zero-order chi connectivity index (χ0) is 15.6. The van der Waals surface area contributed by atoms with E-state index < -0.39 is 23.3 Å². The van der Waals surface area contributed by atoms with Crippen LogP contribution in [0.3, 0.4) is 0 Å².